The van der Waals surface area contributed by atoms with E-state index in [0.29, 0.717) is 11.5 Å². The Labute approximate surface area is 106 Å². The summed E-state index contributed by atoms with van der Waals surface area (Å²) in [7, 11) is 1.57. The first-order valence-electron chi connectivity index (χ1n) is 5.90. The average Bonchev–Trinajstić information content (AvgIpc) is 2.46. The summed E-state index contributed by atoms with van der Waals surface area (Å²) in [5, 5.41) is 0. The summed E-state index contributed by atoms with van der Waals surface area (Å²) in [6.45, 7) is -0.0215. The number of Topliss-reactive ketones (excluding diaryl/α,β-unsaturated/α-hetero) is 1. The topological polar surface area (TPSA) is 44.8 Å². The van der Waals surface area contributed by atoms with E-state index in [1.165, 1.54) is 0 Å². The predicted octanol–water partition coefficient (Wildman–Crippen LogP) is 2.30. The lowest BCUT2D eigenvalue weighted by molar-refractivity contribution is -0.136. The standard InChI is InChI=1S/C14H16O4/c1-16-14-9-5-8-13(18-14)12(15)10-17-11-6-3-2-4-7-11/h2-4,6-8,14H,5,9-10H2,1H3. The third-order valence-electron chi connectivity index (χ3n) is 2.64. The number of carbonyl (C=O) groups is 1. The number of benzene rings is 1. The lowest BCUT2D eigenvalue weighted by Crippen LogP contribution is -2.24. The smallest absolute Gasteiger partial charge is 0.234 e. The zero-order valence-electron chi connectivity index (χ0n) is 10.3. The maximum atomic E-state index is 11.9. The van der Waals surface area contributed by atoms with Crippen molar-refractivity contribution in [3.05, 3.63) is 42.2 Å². The number of ketones is 1. The number of ether oxygens (including phenoxy) is 3. The molecule has 1 atom stereocenters. The molecule has 2 rings (SSSR count). The van der Waals surface area contributed by atoms with Crippen molar-refractivity contribution in [2.24, 2.45) is 0 Å². The number of hydrogen-bond acceptors (Lipinski definition) is 4. The minimum atomic E-state index is -0.328. The van der Waals surface area contributed by atoms with Gasteiger partial charge in [0.05, 0.1) is 0 Å². The second kappa shape index (κ2) is 6.21. The van der Waals surface area contributed by atoms with E-state index in [1.807, 2.05) is 18.2 Å². The molecule has 0 bridgehead atoms. The van der Waals surface area contributed by atoms with E-state index >= 15 is 0 Å². The Balaban J connectivity index is 1.87. The van der Waals surface area contributed by atoms with Crippen LogP contribution in [0, 0.1) is 0 Å². The molecule has 0 aliphatic carbocycles. The number of rotatable bonds is 5. The molecular formula is C14H16O4. The highest BCUT2D eigenvalue weighted by atomic mass is 16.7. The molecule has 4 heteroatoms. The Hall–Kier alpha value is -1.81. The Bertz CT molecular complexity index is 425. The highest BCUT2D eigenvalue weighted by molar-refractivity contribution is 5.94. The monoisotopic (exact) mass is 248 g/mol. The molecular weight excluding hydrogens is 232 g/mol. The molecule has 18 heavy (non-hydrogen) atoms. The molecule has 0 aromatic heterocycles. The zero-order valence-corrected chi connectivity index (χ0v) is 10.3. The van der Waals surface area contributed by atoms with E-state index in [-0.39, 0.29) is 18.7 Å². The third kappa shape index (κ3) is 3.34. The van der Waals surface area contributed by atoms with Crippen LogP contribution in [0.15, 0.2) is 42.2 Å². The molecule has 0 N–H and O–H groups in total. The summed E-state index contributed by atoms with van der Waals surface area (Å²) in [5.74, 6) is 0.843. The van der Waals surface area contributed by atoms with Gasteiger partial charge >= 0.3 is 0 Å². The van der Waals surface area contributed by atoms with E-state index in [4.69, 9.17) is 14.2 Å². The first-order valence-corrected chi connectivity index (χ1v) is 5.90. The van der Waals surface area contributed by atoms with Crippen LogP contribution in [-0.4, -0.2) is 25.8 Å². The first kappa shape index (κ1) is 12.6. The fourth-order valence-electron chi connectivity index (χ4n) is 1.68. The van der Waals surface area contributed by atoms with Gasteiger partial charge in [-0.15, -0.1) is 0 Å². The second-order valence-corrected chi connectivity index (χ2v) is 3.95. The van der Waals surface area contributed by atoms with Crippen molar-refractivity contribution in [2.45, 2.75) is 19.1 Å². The summed E-state index contributed by atoms with van der Waals surface area (Å²) in [5.41, 5.74) is 0. The van der Waals surface area contributed by atoms with E-state index in [0.717, 1.165) is 12.8 Å². The third-order valence-corrected chi connectivity index (χ3v) is 2.64. The van der Waals surface area contributed by atoms with Crippen LogP contribution in [0.2, 0.25) is 0 Å². The normalized spacial score (nSPS) is 18.7. The van der Waals surface area contributed by atoms with Gasteiger partial charge in [0.15, 0.2) is 18.7 Å². The van der Waals surface area contributed by atoms with Gasteiger partial charge in [-0.1, -0.05) is 18.2 Å². The van der Waals surface area contributed by atoms with Gasteiger partial charge < -0.3 is 14.2 Å². The molecule has 0 fully saturated rings. The number of carbonyl (C=O) groups excluding carboxylic acids is 1. The van der Waals surface area contributed by atoms with Gasteiger partial charge in [-0.2, -0.15) is 0 Å². The molecule has 0 saturated carbocycles. The van der Waals surface area contributed by atoms with Crippen molar-refractivity contribution in [1.29, 1.82) is 0 Å². The fourth-order valence-corrected chi connectivity index (χ4v) is 1.68. The van der Waals surface area contributed by atoms with Crippen LogP contribution in [0.5, 0.6) is 5.75 Å². The van der Waals surface area contributed by atoms with Crippen molar-refractivity contribution in [3.8, 4) is 5.75 Å². The number of para-hydroxylation sites is 1. The van der Waals surface area contributed by atoms with Crippen molar-refractivity contribution in [3.63, 3.8) is 0 Å². The zero-order chi connectivity index (χ0) is 12.8. The van der Waals surface area contributed by atoms with Crippen LogP contribution in [0.4, 0.5) is 0 Å². The summed E-state index contributed by atoms with van der Waals surface area (Å²) in [6.07, 6.45) is 3.01. The molecule has 0 amide bonds. The second-order valence-electron chi connectivity index (χ2n) is 3.95. The van der Waals surface area contributed by atoms with Crippen LogP contribution < -0.4 is 4.74 Å². The fraction of sp³-hybridized carbons (Fsp3) is 0.357. The van der Waals surface area contributed by atoms with Crippen LogP contribution in [0.3, 0.4) is 0 Å². The van der Waals surface area contributed by atoms with E-state index < -0.39 is 0 Å². The molecule has 1 aromatic carbocycles. The van der Waals surface area contributed by atoms with Gasteiger partial charge in [0.2, 0.25) is 5.78 Å². The van der Waals surface area contributed by atoms with Crippen LogP contribution in [0.1, 0.15) is 12.8 Å². The summed E-state index contributed by atoms with van der Waals surface area (Å²) < 4.78 is 15.9. The molecule has 96 valence electrons. The molecule has 0 radical (unpaired) electrons. The summed E-state index contributed by atoms with van der Waals surface area (Å²) in [4.78, 5) is 11.9. The predicted molar refractivity (Wildman–Crippen MR) is 66.1 cm³/mol. The Morgan fingerprint density at radius 3 is 2.89 bits per heavy atom. The Morgan fingerprint density at radius 2 is 2.17 bits per heavy atom. The van der Waals surface area contributed by atoms with Crippen molar-refractivity contribution >= 4 is 5.78 Å². The van der Waals surface area contributed by atoms with Gasteiger partial charge in [-0.05, 0) is 24.6 Å². The van der Waals surface area contributed by atoms with Gasteiger partial charge in [-0.25, -0.2) is 0 Å². The number of allylic oxidation sites excluding steroid dienone is 1. The molecule has 1 heterocycles. The van der Waals surface area contributed by atoms with Gasteiger partial charge in [0, 0.05) is 13.5 Å². The van der Waals surface area contributed by atoms with Crippen molar-refractivity contribution < 1.29 is 19.0 Å². The molecule has 1 aliphatic heterocycles. The number of methoxy groups -OCH3 is 1. The minimum absolute atomic E-state index is 0.0215. The molecule has 4 nitrogen and oxygen atoms in total. The SMILES string of the molecule is COC1CCC=C(C(=O)COc2ccccc2)O1. The van der Waals surface area contributed by atoms with Gasteiger partial charge in [-0.3, -0.25) is 4.79 Å². The maximum absolute atomic E-state index is 11.9. The van der Waals surface area contributed by atoms with Crippen LogP contribution >= 0.6 is 0 Å². The molecule has 0 saturated heterocycles. The molecule has 1 aromatic rings. The number of hydrogen-bond donors (Lipinski definition) is 0. The largest absolute Gasteiger partial charge is 0.485 e. The molecule has 1 aliphatic rings. The van der Waals surface area contributed by atoms with E-state index in [9.17, 15) is 4.79 Å². The lowest BCUT2D eigenvalue weighted by atomic mass is 10.2. The summed E-state index contributed by atoms with van der Waals surface area (Å²) >= 11 is 0. The Kier molecular flexibility index (Phi) is 4.36. The molecule has 0 spiro atoms. The average molecular weight is 248 g/mol. The highest BCUT2D eigenvalue weighted by Crippen LogP contribution is 2.18. The van der Waals surface area contributed by atoms with Crippen LogP contribution in [0.25, 0.3) is 0 Å². The van der Waals surface area contributed by atoms with Crippen LogP contribution in [-0.2, 0) is 14.3 Å². The van der Waals surface area contributed by atoms with Crippen molar-refractivity contribution in [1.82, 2.24) is 0 Å². The lowest BCUT2D eigenvalue weighted by Gasteiger charge is -2.22. The maximum Gasteiger partial charge on any atom is 0.234 e. The molecule has 1 unspecified atom stereocenters. The van der Waals surface area contributed by atoms with Gasteiger partial charge in [0.25, 0.3) is 0 Å². The van der Waals surface area contributed by atoms with E-state index in [1.54, 1.807) is 25.3 Å². The summed E-state index contributed by atoms with van der Waals surface area (Å²) in [6, 6.07) is 9.22. The quantitative estimate of drug-likeness (QED) is 0.802. The van der Waals surface area contributed by atoms with Crippen molar-refractivity contribution in [2.75, 3.05) is 13.7 Å². The highest BCUT2D eigenvalue weighted by Gasteiger charge is 2.21. The first-order chi connectivity index (χ1) is 8.79. The van der Waals surface area contributed by atoms with E-state index in [2.05, 4.69) is 0 Å². The minimum Gasteiger partial charge on any atom is -0.485 e. The van der Waals surface area contributed by atoms with Gasteiger partial charge in [0.1, 0.15) is 5.75 Å². The Morgan fingerprint density at radius 1 is 1.39 bits per heavy atom.